The van der Waals surface area contributed by atoms with Gasteiger partial charge in [0.1, 0.15) is 24.7 Å². The Morgan fingerprint density at radius 3 is 2.16 bits per heavy atom. The first-order chi connectivity index (χ1) is 9.27. The largest absolute Gasteiger partial charge is 0.492 e. The molecule has 2 rings (SSSR count). The summed E-state index contributed by atoms with van der Waals surface area (Å²) in [5.41, 5.74) is 0.349. The van der Waals surface area contributed by atoms with Crippen LogP contribution >= 0.6 is 0 Å². The lowest BCUT2D eigenvalue weighted by Gasteiger charge is -2.11. The Labute approximate surface area is 112 Å². The zero-order valence-electron chi connectivity index (χ0n) is 10.4. The van der Waals surface area contributed by atoms with E-state index in [2.05, 4.69) is 0 Å². The average molecular weight is 258 g/mol. The maximum atomic E-state index is 9.18. The Morgan fingerprint density at radius 2 is 1.42 bits per heavy atom. The normalized spacial score (nSPS) is 10.0. The predicted octanol–water partition coefficient (Wildman–Crippen LogP) is 0.824. The Kier molecular flexibility index (Phi) is 4.83. The molecule has 5 heteroatoms. The van der Waals surface area contributed by atoms with Crippen LogP contribution in [0.4, 0.5) is 0 Å². The molecule has 0 aliphatic heterocycles. The first-order valence-corrected chi connectivity index (χ1v) is 6.03. The van der Waals surface area contributed by atoms with E-state index in [4.69, 9.17) is 9.47 Å². The monoisotopic (exact) mass is 258 g/mol. The lowest BCUT2D eigenvalue weighted by molar-refractivity contribution is 0.217. The predicted molar refractivity (Wildman–Crippen MR) is 73.7 cm³/mol. The van der Waals surface area contributed by atoms with E-state index in [0.29, 0.717) is 24.4 Å². The summed E-state index contributed by atoms with van der Waals surface area (Å²) < 4.78 is 11.0. The van der Waals surface area contributed by atoms with Crippen molar-refractivity contribution in [3.8, 4) is 11.5 Å². The van der Waals surface area contributed by atoms with Gasteiger partial charge in [-0.3, -0.25) is 0 Å². The van der Waals surface area contributed by atoms with E-state index in [1.165, 1.54) is 0 Å². The summed E-state index contributed by atoms with van der Waals surface area (Å²) in [5.74, 6) is 1.23. The van der Waals surface area contributed by atoms with E-state index in [1.54, 1.807) is 24.3 Å². The Balaban J connectivity index is 1.83. The summed E-state index contributed by atoms with van der Waals surface area (Å²) in [5, 5.41) is 18.4. The quantitative estimate of drug-likeness (QED) is 0.595. The van der Waals surface area contributed by atoms with Crippen molar-refractivity contribution in [2.75, 3.05) is 13.2 Å². The van der Waals surface area contributed by atoms with Crippen molar-refractivity contribution < 1.29 is 19.5 Å². The van der Waals surface area contributed by atoms with Gasteiger partial charge in [0.05, 0.1) is 0 Å². The molecule has 0 saturated heterocycles. The minimum Gasteiger partial charge on any atom is -0.490 e. The van der Waals surface area contributed by atoms with Crippen LogP contribution in [0.25, 0.3) is 0 Å². The fourth-order valence-corrected chi connectivity index (χ4v) is 1.65. The lowest BCUT2D eigenvalue weighted by atomic mass is 9.79. The second-order valence-corrected chi connectivity index (χ2v) is 3.92. The second-order valence-electron chi connectivity index (χ2n) is 3.92. The highest BCUT2D eigenvalue weighted by Gasteiger charge is 2.16. The maximum Gasteiger partial charge on any atom is 0.492 e. The van der Waals surface area contributed by atoms with E-state index in [1.807, 2.05) is 30.3 Å². The van der Waals surface area contributed by atoms with E-state index >= 15 is 0 Å². The Hall–Kier alpha value is -1.98. The van der Waals surface area contributed by atoms with Crippen LogP contribution in [0.2, 0.25) is 0 Å². The molecular weight excluding hydrogens is 243 g/mol. The Morgan fingerprint density at radius 1 is 0.789 bits per heavy atom. The molecule has 0 aromatic heterocycles. The van der Waals surface area contributed by atoms with Gasteiger partial charge in [-0.1, -0.05) is 36.4 Å². The molecule has 0 atom stereocenters. The molecular formula is C14H15BO4. The van der Waals surface area contributed by atoms with E-state index in [9.17, 15) is 10.0 Å². The molecule has 0 fully saturated rings. The number of ether oxygens (including phenoxy) is 2. The molecule has 98 valence electrons. The lowest BCUT2D eigenvalue weighted by Crippen LogP contribution is -2.31. The first-order valence-electron chi connectivity index (χ1n) is 6.03. The highest BCUT2D eigenvalue weighted by Crippen LogP contribution is 2.09. The van der Waals surface area contributed by atoms with Gasteiger partial charge in [0.25, 0.3) is 0 Å². The van der Waals surface area contributed by atoms with Crippen LogP contribution in [0.3, 0.4) is 0 Å². The van der Waals surface area contributed by atoms with Crippen molar-refractivity contribution in [3.05, 3.63) is 54.6 Å². The fourth-order valence-electron chi connectivity index (χ4n) is 1.65. The molecule has 0 amide bonds. The molecule has 0 bridgehead atoms. The van der Waals surface area contributed by atoms with E-state index in [-0.39, 0.29) is 0 Å². The van der Waals surface area contributed by atoms with Gasteiger partial charge in [0.15, 0.2) is 0 Å². The highest BCUT2D eigenvalue weighted by atomic mass is 16.5. The molecule has 0 unspecified atom stereocenters. The minimum atomic E-state index is -1.54. The van der Waals surface area contributed by atoms with Crippen LogP contribution < -0.4 is 14.9 Å². The molecule has 2 N–H and O–H groups in total. The standard InChI is InChI=1S/C14H15BO4/c16-15(17)13-8-4-5-9-14(13)19-11-10-18-12-6-2-1-3-7-12/h1-9,16-17H,10-11H2. The number of para-hydroxylation sites is 2. The van der Waals surface area contributed by atoms with Gasteiger partial charge in [-0.15, -0.1) is 0 Å². The third-order valence-electron chi connectivity index (χ3n) is 2.55. The van der Waals surface area contributed by atoms with Crippen molar-refractivity contribution in [3.63, 3.8) is 0 Å². The zero-order chi connectivity index (χ0) is 13.5. The van der Waals surface area contributed by atoms with Gasteiger partial charge < -0.3 is 19.5 Å². The van der Waals surface area contributed by atoms with Gasteiger partial charge in [0.2, 0.25) is 0 Å². The molecule has 2 aromatic rings. The van der Waals surface area contributed by atoms with Crippen molar-refractivity contribution in [1.29, 1.82) is 0 Å². The van der Waals surface area contributed by atoms with Crippen LogP contribution in [0.15, 0.2) is 54.6 Å². The molecule has 2 aromatic carbocycles. The SMILES string of the molecule is OB(O)c1ccccc1OCCOc1ccccc1. The van der Waals surface area contributed by atoms with Gasteiger partial charge >= 0.3 is 7.12 Å². The molecule has 0 aliphatic rings. The molecule has 19 heavy (non-hydrogen) atoms. The summed E-state index contributed by atoms with van der Waals surface area (Å²) >= 11 is 0. The smallest absolute Gasteiger partial charge is 0.490 e. The maximum absolute atomic E-state index is 9.18. The first kappa shape index (κ1) is 13.5. The highest BCUT2D eigenvalue weighted by molar-refractivity contribution is 6.59. The topological polar surface area (TPSA) is 58.9 Å². The zero-order valence-corrected chi connectivity index (χ0v) is 10.4. The van der Waals surface area contributed by atoms with Crippen LogP contribution in [0.1, 0.15) is 0 Å². The third-order valence-corrected chi connectivity index (χ3v) is 2.55. The van der Waals surface area contributed by atoms with Crippen molar-refractivity contribution >= 4 is 12.6 Å². The number of hydrogen-bond donors (Lipinski definition) is 2. The molecule has 0 heterocycles. The Bertz CT molecular complexity index is 502. The molecule has 4 nitrogen and oxygen atoms in total. The summed E-state index contributed by atoms with van der Waals surface area (Å²) in [6.07, 6.45) is 0. The number of hydrogen-bond acceptors (Lipinski definition) is 4. The van der Waals surface area contributed by atoms with Crippen LogP contribution in [-0.2, 0) is 0 Å². The second kappa shape index (κ2) is 6.82. The van der Waals surface area contributed by atoms with Crippen molar-refractivity contribution in [1.82, 2.24) is 0 Å². The van der Waals surface area contributed by atoms with Crippen LogP contribution in [0, 0.1) is 0 Å². The van der Waals surface area contributed by atoms with Crippen LogP contribution in [0.5, 0.6) is 11.5 Å². The van der Waals surface area contributed by atoms with Gasteiger partial charge in [0, 0.05) is 5.46 Å². The van der Waals surface area contributed by atoms with Gasteiger partial charge in [-0.05, 0) is 18.2 Å². The number of rotatable bonds is 6. The number of benzene rings is 2. The molecule has 0 saturated carbocycles. The third kappa shape index (κ3) is 4.01. The molecule has 0 aliphatic carbocycles. The molecule has 0 spiro atoms. The fraction of sp³-hybridized carbons (Fsp3) is 0.143. The summed E-state index contributed by atoms with van der Waals surface area (Å²) in [7, 11) is -1.54. The van der Waals surface area contributed by atoms with Crippen molar-refractivity contribution in [2.24, 2.45) is 0 Å². The summed E-state index contributed by atoms with van der Waals surface area (Å²) in [6, 6.07) is 16.2. The van der Waals surface area contributed by atoms with E-state index in [0.717, 1.165) is 5.75 Å². The average Bonchev–Trinajstić information content (AvgIpc) is 2.45. The summed E-state index contributed by atoms with van der Waals surface area (Å²) in [6.45, 7) is 0.721. The van der Waals surface area contributed by atoms with Gasteiger partial charge in [-0.2, -0.15) is 0 Å². The van der Waals surface area contributed by atoms with Gasteiger partial charge in [-0.25, -0.2) is 0 Å². The molecule has 0 radical (unpaired) electrons. The minimum absolute atomic E-state index is 0.332. The van der Waals surface area contributed by atoms with E-state index < -0.39 is 7.12 Å². The van der Waals surface area contributed by atoms with Crippen LogP contribution in [-0.4, -0.2) is 30.4 Å². The summed E-state index contributed by atoms with van der Waals surface area (Å²) in [4.78, 5) is 0. The van der Waals surface area contributed by atoms with Crippen molar-refractivity contribution in [2.45, 2.75) is 0 Å².